The molecular formula is C17H23N5OS. The van der Waals surface area contributed by atoms with Crippen molar-refractivity contribution in [2.24, 2.45) is 0 Å². The molecule has 2 aromatic rings. The molecule has 2 heterocycles. The van der Waals surface area contributed by atoms with Crippen LogP contribution < -0.4 is 10.6 Å². The monoisotopic (exact) mass is 345 g/mol. The van der Waals surface area contributed by atoms with E-state index in [2.05, 4.69) is 27.6 Å². The number of nitrogens with zero attached hydrogens (tertiary/aromatic N) is 3. The summed E-state index contributed by atoms with van der Waals surface area (Å²) in [6.45, 7) is 3.45. The summed E-state index contributed by atoms with van der Waals surface area (Å²) in [5.41, 5.74) is 1.05. The van der Waals surface area contributed by atoms with Crippen molar-refractivity contribution in [1.29, 1.82) is 0 Å². The van der Waals surface area contributed by atoms with Gasteiger partial charge in [0.05, 0.1) is 12.6 Å². The Morgan fingerprint density at radius 3 is 2.92 bits per heavy atom. The number of benzene rings is 1. The molecule has 0 unspecified atom stereocenters. The summed E-state index contributed by atoms with van der Waals surface area (Å²) in [4.78, 5) is 16.3. The highest BCUT2D eigenvalue weighted by molar-refractivity contribution is 8.00. The van der Waals surface area contributed by atoms with E-state index < -0.39 is 0 Å². The van der Waals surface area contributed by atoms with E-state index in [1.54, 1.807) is 11.0 Å². The van der Waals surface area contributed by atoms with Gasteiger partial charge in [0.15, 0.2) is 0 Å². The topological polar surface area (TPSA) is 71.8 Å². The van der Waals surface area contributed by atoms with Crippen molar-refractivity contribution in [3.8, 4) is 0 Å². The van der Waals surface area contributed by atoms with Crippen molar-refractivity contribution in [3.63, 3.8) is 0 Å². The van der Waals surface area contributed by atoms with Crippen molar-refractivity contribution in [2.75, 3.05) is 12.3 Å². The second-order valence-electron chi connectivity index (χ2n) is 6.31. The van der Waals surface area contributed by atoms with Crippen LogP contribution in [0.3, 0.4) is 0 Å². The van der Waals surface area contributed by atoms with E-state index in [1.807, 2.05) is 42.1 Å². The lowest BCUT2D eigenvalue weighted by atomic mass is 10.1. The third kappa shape index (κ3) is 4.50. The molecule has 0 radical (unpaired) electrons. The Labute approximate surface area is 146 Å². The number of nitrogens with one attached hydrogen (secondary N) is 2. The van der Waals surface area contributed by atoms with Crippen LogP contribution in [-0.2, 0) is 6.54 Å². The number of thioether (sulfide) groups is 1. The minimum atomic E-state index is -0.156. The first-order valence-corrected chi connectivity index (χ1v) is 9.19. The Morgan fingerprint density at radius 2 is 2.25 bits per heavy atom. The molecule has 0 saturated carbocycles. The molecule has 7 heteroatoms. The van der Waals surface area contributed by atoms with Gasteiger partial charge < -0.3 is 10.6 Å². The van der Waals surface area contributed by atoms with Gasteiger partial charge in [-0.1, -0.05) is 30.3 Å². The second-order valence-corrected chi connectivity index (χ2v) is 7.99. The molecule has 1 fully saturated rings. The standard InChI is InChI=1S/C17H23N5OS/c1-17(8-5-9-24-17)11-19-16(23)21-15(10-22-13-18-12-20-22)14-6-3-2-4-7-14/h2-4,6-7,12-13,15H,5,8-11H2,1H3,(H2,19,21,23)/t15-,17-/m1/s1. The zero-order valence-corrected chi connectivity index (χ0v) is 14.6. The van der Waals surface area contributed by atoms with E-state index in [0.717, 1.165) is 12.0 Å². The van der Waals surface area contributed by atoms with Crippen LogP contribution in [-0.4, -0.2) is 37.8 Å². The Balaban J connectivity index is 1.61. The van der Waals surface area contributed by atoms with Crippen LogP contribution in [0.2, 0.25) is 0 Å². The number of urea groups is 1. The SMILES string of the molecule is C[C@]1(CNC(=O)N[C@H](Cn2cncn2)c2ccccc2)CCCS1. The molecule has 0 aliphatic carbocycles. The number of carbonyl (C=O) groups excluding carboxylic acids is 1. The van der Waals surface area contributed by atoms with E-state index in [1.165, 1.54) is 18.5 Å². The lowest BCUT2D eigenvalue weighted by Crippen LogP contribution is -2.44. The maximum absolute atomic E-state index is 12.4. The molecular weight excluding hydrogens is 322 g/mol. The van der Waals surface area contributed by atoms with Gasteiger partial charge >= 0.3 is 6.03 Å². The maximum atomic E-state index is 12.4. The number of aromatic nitrogens is 3. The van der Waals surface area contributed by atoms with Gasteiger partial charge in [0.25, 0.3) is 0 Å². The molecule has 2 amide bonds. The van der Waals surface area contributed by atoms with E-state index in [0.29, 0.717) is 13.1 Å². The highest BCUT2D eigenvalue weighted by Crippen LogP contribution is 2.36. The summed E-state index contributed by atoms with van der Waals surface area (Å²) in [5.74, 6) is 1.18. The van der Waals surface area contributed by atoms with Crippen LogP contribution in [0.4, 0.5) is 4.79 Å². The number of hydrogen-bond acceptors (Lipinski definition) is 4. The van der Waals surface area contributed by atoms with Gasteiger partial charge in [0.2, 0.25) is 0 Å². The normalized spacial score (nSPS) is 21.4. The van der Waals surface area contributed by atoms with Gasteiger partial charge in [-0.25, -0.2) is 9.78 Å². The fourth-order valence-corrected chi connectivity index (χ4v) is 4.13. The Kier molecular flexibility index (Phi) is 5.40. The minimum Gasteiger partial charge on any atom is -0.337 e. The fraction of sp³-hybridized carbons (Fsp3) is 0.471. The summed E-state index contributed by atoms with van der Waals surface area (Å²) in [7, 11) is 0. The predicted octanol–water partition coefficient (Wildman–Crippen LogP) is 2.60. The van der Waals surface area contributed by atoms with Crippen LogP contribution >= 0.6 is 11.8 Å². The molecule has 1 aliphatic heterocycles. The molecule has 2 N–H and O–H groups in total. The van der Waals surface area contributed by atoms with Crippen molar-refractivity contribution >= 4 is 17.8 Å². The largest absolute Gasteiger partial charge is 0.337 e. The first kappa shape index (κ1) is 16.8. The molecule has 0 bridgehead atoms. The molecule has 24 heavy (non-hydrogen) atoms. The molecule has 128 valence electrons. The van der Waals surface area contributed by atoms with Gasteiger partial charge in [0.1, 0.15) is 12.7 Å². The average molecular weight is 345 g/mol. The molecule has 1 aromatic carbocycles. The predicted molar refractivity (Wildman–Crippen MR) is 95.8 cm³/mol. The molecule has 1 saturated heterocycles. The van der Waals surface area contributed by atoms with E-state index in [-0.39, 0.29) is 16.8 Å². The average Bonchev–Trinajstić information content (AvgIpc) is 3.26. The third-order valence-corrected chi connectivity index (χ3v) is 5.81. The quantitative estimate of drug-likeness (QED) is 0.844. The highest BCUT2D eigenvalue weighted by atomic mass is 32.2. The van der Waals surface area contributed by atoms with Crippen LogP contribution in [0.1, 0.15) is 31.4 Å². The van der Waals surface area contributed by atoms with E-state index in [9.17, 15) is 4.79 Å². The molecule has 0 spiro atoms. The first-order chi connectivity index (χ1) is 11.6. The molecule has 6 nitrogen and oxygen atoms in total. The van der Waals surface area contributed by atoms with Crippen molar-refractivity contribution in [1.82, 2.24) is 25.4 Å². The number of amides is 2. The molecule has 1 aromatic heterocycles. The van der Waals surface area contributed by atoms with Crippen molar-refractivity contribution in [2.45, 2.75) is 37.1 Å². The number of carbonyl (C=O) groups is 1. The van der Waals surface area contributed by atoms with Gasteiger partial charge in [0, 0.05) is 11.3 Å². The van der Waals surface area contributed by atoms with E-state index in [4.69, 9.17) is 0 Å². The smallest absolute Gasteiger partial charge is 0.315 e. The summed E-state index contributed by atoms with van der Waals surface area (Å²) in [5, 5.41) is 10.2. The highest BCUT2D eigenvalue weighted by Gasteiger charge is 2.30. The van der Waals surface area contributed by atoms with Gasteiger partial charge in [-0.15, -0.1) is 0 Å². The fourth-order valence-electron chi connectivity index (χ4n) is 2.89. The lowest BCUT2D eigenvalue weighted by Gasteiger charge is -2.25. The van der Waals surface area contributed by atoms with Crippen molar-refractivity contribution in [3.05, 3.63) is 48.5 Å². The van der Waals surface area contributed by atoms with Crippen LogP contribution in [0.15, 0.2) is 43.0 Å². The number of hydrogen-bond donors (Lipinski definition) is 2. The van der Waals surface area contributed by atoms with Gasteiger partial charge in [-0.3, -0.25) is 4.68 Å². The second kappa shape index (κ2) is 7.70. The maximum Gasteiger partial charge on any atom is 0.315 e. The summed E-state index contributed by atoms with van der Waals surface area (Å²) in [6.07, 6.45) is 5.54. The zero-order valence-electron chi connectivity index (χ0n) is 13.8. The Morgan fingerprint density at radius 1 is 1.42 bits per heavy atom. The zero-order chi connectivity index (χ0) is 16.8. The molecule has 2 atom stereocenters. The van der Waals surface area contributed by atoms with Crippen LogP contribution in [0, 0.1) is 0 Å². The van der Waals surface area contributed by atoms with Gasteiger partial charge in [-0.05, 0) is 31.1 Å². The first-order valence-electron chi connectivity index (χ1n) is 8.20. The van der Waals surface area contributed by atoms with Gasteiger partial charge in [-0.2, -0.15) is 16.9 Å². The number of rotatable bonds is 6. The van der Waals surface area contributed by atoms with Crippen molar-refractivity contribution < 1.29 is 4.79 Å². The summed E-state index contributed by atoms with van der Waals surface area (Å²) >= 11 is 1.94. The van der Waals surface area contributed by atoms with Crippen LogP contribution in [0.5, 0.6) is 0 Å². The Hall–Kier alpha value is -2.02. The Bertz CT molecular complexity index is 640. The van der Waals surface area contributed by atoms with Crippen LogP contribution in [0.25, 0.3) is 0 Å². The lowest BCUT2D eigenvalue weighted by molar-refractivity contribution is 0.234. The summed E-state index contributed by atoms with van der Waals surface area (Å²) < 4.78 is 1.89. The minimum absolute atomic E-state index is 0.141. The van der Waals surface area contributed by atoms with E-state index >= 15 is 0 Å². The summed E-state index contributed by atoms with van der Waals surface area (Å²) in [6, 6.07) is 9.63. The molecule has 1 aliphatic rings. The molecule has 3 rings (SSSR count). The third-order valence-electron chi connectivity index (χ3n) is 4.27.